The predicted molar refractivity (Wildman–Crippen MR) is 99.5 cm³/mol. The Hall–Kier alpha value is -2.93. The van der Waals surface area contributed by atoms with Crippen LogP contribution in [0.25, 0.3) is 0 Å². The number of hydrogen-bond donors (Lipinski definition) is 1. The van der Waals surface area contributed by atoms with Crippen LogP contribution in [0.15, 0.2) is 48.5 Å². The lowest BCUT2D eigenvalue weighted by Gasteiger charge is -2.23. The second kappa shape index (κ2) is 8.96. The normalized spacial score (nSPS) is 11.8. The van der Waals surface area contributed by atoms with Crippen LogP contribution in [0.3, 0.4) is 0 Å². The maximum atomic E-state index is 12.7. The zero-order valence-corrected chi connectivity index (χ0v) is 15.1. The van der Waals surface area contributed by atoms with Crippen molar-refractivity contribution in [2.45, 2.75) is 13.0 Å². The SMILES string of the molecule is CCOc1ccc(C(=O)N[C@H](CN(C)C)c2ccccc2)cc1[N+](=O)[O-]. The van der Waals surface area contributed by atoms with Crippen LogP contribution in [0.2, 0.25) is 0 Å². The first-order valence-electron chi connectivity index (χ1n) is 8.34. The molecule has 0 aliphatic heterocycles. The van der Waals surface area contributed by atoms with Gasteiger partial charge in [0.15, 0.2) is 5.75 Å². The average molecular weight is 357 g/mol. The number of nitro benzene ring substituents is 1. The van der Waals surface area contributed by atoms with Crippen LogP contribution in [0.1, 0.15) is 28.9 Å². The molecule has 138 valence electrons. The molecule has 2 rings (SSSR count). The third-order valence-electron chi connectivity index (χ3n) is 3.77. The van der Waals surface area contributed by atoms with Crippen molar-refractivity contribution < 1.29 is 14.5 Å². The van der Waals surface area contributed by atoms with E-state index < -0.39 is 4.92 Å². The zero-order valence-electron chi connectivity index (χ0n) is 15.1. The molecule has 1 amide bonds. The predicted octanol–water partition coefficient (Wildman–Crippen LogP) is 3.03. The maximum Gasteiger partial charge on any atom is 0.311 e. The molecule has 0 spiro atoms. The second-order valence-electron chi connectivity index (χ2n) is 6.07. The van der Waals surface area contributed by atoms with Crippen LogP contribution in [-0.4, -0.2) is 43.0 Å². The largest absolute Gasteiger partial charge is 0.487 e. The number of nitrogens with one attached hydrogen (secondary N) is 1. The van der Waals surface area contributed by atoms with E-state index in [1.54, 1.807) is 6.92 Å². The number of nitrogens with zero attached hydrogens (tertiary/aromatic N) is 2. The van der Waals surface area contributed by atoms with Gasteiger partial charge in [-0.3, -0.25) is 14.9 Å². The van der Waals surface area contributed by atoms with E-state index in [0.717, 1.165) is 5.56 Å². The van der Waals surface area contributed by atoms with Crippen LogP contribution < -0.4 is 10.1 Å². The molecule has 2 aromatic rings. The summed E-state index contributed by atoms with van der Waals surface area (Å²) < 4.78 is 5.26. The number of carbonyl (C=O) groups is 1. The summed E-state index contributed by atoms with van der Waals surface area (Å²) in [4.78, 5) is 25.3. The van der Waals surface area contributed by atoms with Crippen molar-refractivity contribution in [2.24, 2.45) is 0 Å². The van der Waals surface area contributed by atoms with Gasteiger partial charge < -0.3 is 15.0 Å². The highest BCUT2D eigenvalue weighted by molar-refractivity contribution is 5.95. The van der Waals surface area contributed by atoms with Crippen molar-refractivity contribution in [3.05, 3.63) is 69.8 Å². The van der Waals surface area contributed by atoms with E-state index in [-0.39, 0.29) is 28.9 Å². The Kier molecular flexibility index (Phi) is 6.68. The first-order valence-corrected chi connectivity index (χ1v) is 8.34. The summed E-state index contributed by atoms with van der Waals surface area (Å²) in [7, 11) is 3.84. The average Bonchev–Trinajstić information content (AvgIpc) is 2.61. The quantitative estimate of drug-likeness (QED) is 0.580. The molecule has 0 aromatic heterocycles. The lowest BCUT2D eigenvalue weighted by molar-refractivity contribution is -0.385. The number of likely N-dealkylation sites (N-methyl/N-ethyl adjacent to an activating group) is 1. The van der Waals surface area contributed by atoms with Gasteiger partial charge in [0.25, 0.3) is 5.91 Å². The van der Waals surface area contributed by atoms with E-state index >= 15 is 0 Å². The van der Waals surface area contributed by atoms with Gasteiger partial charge in [-0.1, -0.05) is 30.3 Å². The first kappa shape index (κ1) is 19.4. The summed E-state index contributed by atoms with van der Waals surface area (Å²) in [6, 6.07) is 13.6. The minimum absolute atomic E-state index is 0.155. The summed E-state index contributed by atoms with van der Waals surface area (Å²) in [6.07, 6.45) is 0. The Morgan fingerprint density at radius 1 is 1.23 bits per heavy atom. The molecule has 0 saturated heterocycles. The van der Waals surface area contributed by atoms with Gasteiger partial charge in [0.1, 0.15) is 0 Å². The van der Waals surface area contributed by atoms with Crippen molar-refractivity contribution in [3.8, 4) is 5.75 Å². The van der Waals surface area contributed by atoms with Crippen molar-refractivity contribution in [3.63, 3.8) is 0 Å². The molecule has 7 heteroatoms. The Morgan fingerprint density at radius 3 is 2.50 bits per heavy atom. The standard InChI is InChI=1S/C19H23N3O4/c1-4-26-18-11-10-15(12-17(18)22(24)25)19(23)20-16(13-21(2)3)14-8-6-5-7-9-14/h5-12,16H,4,13H2,1-3H3,(H,20,23)/t16-/m1/s1. The molecule has 2 aromatic carbocycles. The molecule has 0 bridgehead atoms. The van der Waals surface area contributed by atoms with Crippen molar-refractivity contribution in [1.82, 2.24) is 10.2 Å². The molecule has 1 atom stereocenters. The Bertz CT molecular complexity index is 763. The summed E-state index contributed by atoms with van der Waals surface area (Å²) in [5, 5.41) is 14.2. The number of carbonyl (C=O) groups excluding carboxylic acids is 1. The van der Waals surface area contributed by atoms with Gasteiger partial charge in [-0.05, 0) is 38.7 Å². The molecule has 0 fully saturated rings. The molecule has 7 nitrogen and oxygen atoms in total. The van der Waals surface area contributed by atoms with Crippen LogP contribution >= 0.6 is 0 Å². The van der Waals surface area contributed by atoms with E-state index in [1.165, 1.54) is 18.2 Å². The van der Waals surface area contributed by atoms with Crippen LogP contribution in [0.4, 0.5) is 5.69 Å². The lowest BCUT2D eigenvalue weighted by Crippen LogP contribution is -2.35. The van der Waals surface area contributed by atoms with Gasteiger partial charge in [0.2, 0.25) is 0 Å². The summed E-state index contributed by atoms with van der Waals surface area (Å²) >= 11 is 0. The first-order chi connectivity index (χ1) is 12.4. The molecule has 0 unspecified atom stereocenters. The molecular weight excluding hydrogens is 334 g/mol. The van der Waals surface area contributed by atoms with E-state index in [9.17, 15) is 14.9 Å². The number of rotatable bonds is 8. The van der Waals surface area contributed by atoms with Gasteiger partial charge in [0, 0.05) is 18.2 Å². The van der Waals surface area contributed by atoms with E-state index in [4.69, 9.17) is 4.74 Å². The van der Waals surface area contributed by atoms with Gasteiger partial charge in [0.05, 0.1) is 17.6 Å². The lowest BCUT2D eigenvalue weighted by atomic mass is 10.1. The van der Waals surface area contributed by atoms with Crippen molar-refractivity contribution in [2.75, 3.05) is 27.2 Å². The van der Waals surface area contributed by atoms with E-state index in [2.05, 4.69) is 5.32 Å². The maximum absolute atomic E-state index is 12.7. The minimum atomic E-state index is -0.545. The molecule has 26 heavy (non-hydrogen) atoms. The fourth-order valence-electron chi connectivity index (χ4n) is 2.61. The van der Waals surface area contributed by atoms with Crippen molar-refractivity contribution in [1.29, 1.82) is 0 Å². The van der Waals surface area contributed by atoms with E-state index in [1.807, 2.05) is 49.3 Å². The molecule has 0 radical (unpaired) electrons. The molecule has 0 saturated carbocycles. The van der Waals surface area contributed by atoms with Crippen LogP contribution in [0.5, 0.6) is 5.75 Å². The minimum Gasteiger partial charge on any atom is -0.487 e. The Morgan fingerprint density at radius 2 is 1.92 bits per heavy atom. The third-order valence-corrected chi connectivity index (χ3v) is 3.77. The van der Waals surface area contributed by atoms with E-state index in [0.29, 0.717) is 13.2 Å². The van der Waals surface area contributed by atoms with Crippen molar-refractivity contribution >= 4 is 11.6 Å². The zero-order chi connectivity index (χ0) is 19.1. The number of amides is 1. The smallest absolute Gasteiger partial charge is 0.311 e. The second-order valence-corrected chi connectivity index (χ2v) is 6.07. The molecule has 0 heterocycles. The summed E-state index contributed by atoms with van der Waals surface area (Å²) in [5.74, 6) is -0.214. The number of ether oxygens (including phenoxy) is 1. The van der Waals surface area contributed by atoms with Gasteiger partial charge in [-0.25, -0.2) is 0 Å². The molecule has 0 aliphatic carbocycles. The monoisotopic (exact) mass is 357 g/mol. The number of nitro groups is 1. The fraction of sp³-hybridized carbons (Fsp3) is 0.316. The summed E-state index contributed by atoms with van der Waals surface area (Å²) in [6.45, 7) is 2.66. The fourth-order valence-corrected chi connectivity index (χ4v) is 2.61. The topological polar surface area (TPSA) is 84.7 Å². The highest BCUT2D eigenvalue weighted by Crippen LogP contribution is 2.28. The Balaban J connectivity index is 2.26. The van der Waals surface area contributed by atoms with Crippen LogP contribution in [-0.2, 0) is 0 Å². The highest BCUT2D eigenvalue weighted by atomic mass is 16.6. The number of benzene rings is 2. The van der Waals surface area contributed by atoms with Crippen LogP contribution in [0, 0.1) is 10.1 Å². The third kappa shape index (κ3) is 5.03. The molecule has 0 aliphatic rings. The van der Waals surface area contributed by atoms with Gasteiger partial charge in [-0.2, -0.15) is 0 Å². The highest BCUT2D eigenvalue weighted by Gasteiger charge is 2.21. The molecular formula is C19H23N3O4. The molecule has 1 N–H and O–H groups in total. The Labute approximate surface area is 152 Å². The van der Waals surface area contributed by atoms with Gasteiger partial charge >= 0.3 is 5.69 Å². The number of hydrogen-bond acceptors (Lipinski definition) is 5. The summed E-state index contributed by atoms with van der Waals surface area (Å²) in [5.41, 5.74) is 0.971. The van der Waals surface area contributed by atoms with Gasteiger partial charge in [-0.15, -0.1) is 0 Å².